The molecule has 0 amide bonds. The zero-order chi connectivity index (χ0) is 30.2. The van der Waals surface area contributed by atoms with Gasteiger partial charge in [-0.2, -0.15) is 0 Å². The number of hydrogen-bond acceptors (Lipinski definition) is 8. The highest BCUT2D eigenvalue weighted by Gasteiger charge is 2.47. The Bertz CT molecular complexity index is 1540. The monoisotopic (exact) mass is 570 g/mol. The van der Waals surface area contributed by atoms with Crippen molar-refractivity contribution in [2.24, 2.45) is 0 Å². The molecule has 42 heavy (non-hydrogen) atoms. The van der Waals surface area contributed by atoms with Crippen LogP contribution >= 0.6 is 0 Å². The fourth-order valence-corrected chi connectivity index (χ4v) is 5.18. The Morgan fingerprint density at radius 2 is 1.71 bits per heavy atom. The smallest absolute Gasteiger partial charge is 0.340 e. The number of fused-ring (bicyclic) bond motifs is 2. The van der Waals surface area contributed by atoms with Crippen LogP contribution in [0.1, 0.15) is 65.6 Å². The van der Waals surface area contributed by atoms with E-state index < -0.39 is 41.8 Å². The fourth-order valence-electron chi connectivity index (χ4n) is 5.18. The average Bonchev–Trinajstić information content (AvgIpc) is 2.97. The molecule has 218 valence electrons. The molecule has 0 saturated heterocycles. The number of rotatable bonds is 8. The second-order valence-electron chi connectivity index (χ2n) is 11.1. The van der Waals surface area contributed by atoms with Crippen LogP contribution < -0.4 is 9.47 Å². The molecular weight excluding hydrogens is 536 g/mol. The number of phenolic OH excluding ortho intramolecular Hbond substituents is 1. The van der Waals surface area contributed by atoms with Crippen molar-refractivity contribution in [3.8, 4) is 17.2 Å². The average molecular weight is 571 g/mol. The molecule has 2 aliphatic heterocycles. The van der Waals surface area contributed by atoms with Gasteiger partial charge in [-0.05, 0) is 44.1 Å². The number of benzene rings is 3. The normalized spacial score (nSPS) is 19.9. The van der Waals surface area contributed by atoms with E-state index >= 15 is 0 Å². The molecule has 2 heterocycles. The third-order valence-corrected chi connectivity index (χ3v) is 7.44. The quantitative estimate of drug-likeness (QED) is 0.263. The summed E-state index contributed by atoms with van der Waals surface area (Å²) in [7, 11) is 1.38. The zero-order valence-corrected chi connectivity index (χ0v) is 24.0. The van der Waals surface area contributed by atoms with E-state index in [1.165, 1.54) is 7.11 Å². The van der Waals surface area contributed by atoms with Crippen molar-refractivity contribution >= 4 is 17.8 Å². The zero-order valence-electron chi connectivity index (χ0n) is 24.0. The first-order valence-corrected chi connectivity index (χ1v) is 13.7. The number of aliphatic hydroxyl groups excluding tert-OH is 1. The van der Waals surface area contributed by atoms with Crippen LogP contribution in [0, 0.1) is 0 Å². The maximum atomic E-state index is 14.3. The highest BCUT2D eigenvalue weighted by atomic mass is 16.6. The van der Waals surface area contributed by atoms with Gasteiger partial charge >= 0.3 is 5.97 Å². The topological polar surface area (TPSA) is 112 Å². The minimum absolute atomic E-state index is 0.0171. The predicted molar refractivity (Wildman–Crippen MR) is 157 cm³/mol. The van der Waals surface area contributed by atoms with Crippen molar-refractivity contribution in [3.63, 3.8) is 0 Å². The van der Waals surface area contributed by atoms with Crippen LogP contribution in [-0.2, 0) is 20.7 Å². The Labute approximate surface area is 244 Å². The van der Waals surface area contributed by atoms with E-state index in [2.05, 4.69) is 6.58 Å². The summed E-state index contributed by atoms with van der Waals surface area (Å²) in [6, 6.07) is 17.7. The number of esters is 1. The summed E-state index contributed by atoms with van der Waals surface area (Å²) in [6.07, 6.45) is -1.10. The van der Waals surface area contributed by atoms with Gasteiger partial charge in [-0.25, -0.2) is 4.79 Å². The summed E-state index contributed by atoms with van der Waals surface area (Å²) in [5, 5.41) is 22.3. The van der Waals surface area contributed by atoms with Gasteiger partial charge in [0.2, 0.25) is 11.9 Å². The molecule has 0 fully saturated rings. The lowest BCUT2D eigenvalue weighted by atomic mass is 9.86. The number of Topliss-reactive ketones (excluding diaryl/α,β-unsaturated/α-hetero) is 1. The number of aromatic hydroxyl groups is 1. The molecular formula is C34H34O8. The van der Waals surface area contributed by atoms with Gasteiger partial charge in [0.25, 0.3) is 0 Å². The van der Waals surface area contributed by atoms with E-state index in [9.17, 15) is 19.8 Å². The third kappa shape index (κ3) is 5.43. The summed E-state index contributed by atoms with van der Waals surface area (Å²) in [4.78, 5) is 27.7. The van der Waals surface area contributed by atoms with Crippen LogP contribution in [0.3, 0.4) is 0 Å². The summed E-state index contributed by atoms with van der Waals surface area (Å²) in [5.41, 5.74) is 1.45. The van der Waals surface area contributed by atoms with Crippen molar-refractivity contribution in [1.29, 1.82) is 0 Å². The summed E-state index contributed by atoms with van der Waals surface area (Å²) >= 11 is 0. The molecule has 0 radical (unpaired) electrons. The van der Waals surface area contributed by atoms with E-state index in [1.807, 2.05) is 26.0 Å². The molecule has 8 nitrogen and oxygen atoms in total. The number of carbonyl (C=O) groups is 2. The van der Waals surface area contributed by atoms with Gasteiger partial charge in [0.1, 0.15) is 28.4 Å². The maximum Gasteiger partial charge on any atom is 0.340 e. The number of carbonyl (C=O) groups excluding carboxylic acids is 2. The van der Waals surface area contributed by atoms with Gasteiger partial charge < -0.3 is 29.2 Å². The third-order valence-electron chi connectivity index (χ3n) is 7.44. The SMILES string of the molecule is C=C(C)[C@H](O)Cc1c2c(c(O)c3c1O[C@H](c1ccccc1)[C@@H](OC(=O)[C@H](OC)c1ccccc1)C3=O)C=CC(C)(C)O2. The molecule has 3 aromatic carbocycles. The first-order chi connectivity index (χ1) is 20.0. The molecule has 0 aliphatic carbocycles. The maximum absolute atomic E-state index is 14.3. The number of ketones is 1. The fraction of sp³-hybridized carbons (Fsp3) is 0.294. The summed E-state index contributed by atoms with van der Waals surface area (Å²) < 4.78 is 24.1. The first-order valence-electron chi connectivity index (χ1n) is 13.7. The van der Waals surface area contributed by atoms with Gasteiger partial charge in [-0.15, -0.1) is 0 Å². The van der Waals surface area contributed by atoms with Crippen LogP contribution in [0.5, 0.6) is 17.2 Å². The van der Waals surface area contributed by atoms with Gasteiger partial charge in [0.15, 0.2) is 12.2 Å². The second kappa shape index (κ2) is 11.5. The van der Waals surface area contributed by atoms with E-state index in [0.717, 1.165) is 0 Å². The van der Waals surface area contributed by atoms with Crippen molar-refractivity contribution in [3.05, 3.63) is 107 Å². The highest BCUT2D eigenvalue weighted by molar-refractivity contribution is 6.08. The van der Waals surface area contributed by atoms with Crippen LogP contribution in [0.2, 0.25) is 0 Å². The van der Waals surface area contributed by atoms with E-state index in [1.54, 1.807) is 67.6 Å². The van der Waals surface area contributed by atoms with Crippen LogP contribution in [-0.4, -0.2) is 46.9 Å². The van der Waals surface area contributed by atoms with Crippen LogP contribution in [0.4, 0.5) is 0 Å². The predicted octanol–water partition coefficient (Wildman–Crippen LogP) is 5.67. The molecule has 0 spiro atoms. The Balaban J connectivity index is 1.66. The first kappa shape index (κ1) is 29.1. The molecule has 0 aromatic heterocycles. The molecule has 4 atom stereocenters. The second-order valence-corrected chi connectivity index (χ2v) is 11.1. The Kier molecular flexibility index (Phi) is 7.95. The minimum atomic E-state index is -1.44. The van der Waals surface area contributed by atoms with Gasteiger partial charge in [0, 0.05) is 19.1 Å². The number of ether oxygens (including phenoxy) is 4. The van der Waals surface area contributed by atoms with Crippen LogP contribution in [0.15, 0.2) is 78.9 Å². The lowest BCUT2D eigenvalue weighted by Crippen LogP contribution is -2.42. The molecule has 0 saturated carbocycles. The van der Waals surface area contributed by atoms with Crippen molar-refractivity contribution in [2.75, 3.05) is 7.11 Å². The summed E-state index contributed by atoms with van der Waals surface area (Å²) in [5.74, 6) is -1.42. The number of hydrogen-bond donors (Lipinski definition) is 2. The van der Waals surface area contributed by atoms with Crippen molar-refractivity contribution < 1.29 is 38.7 Å². The van der Waals surface area contributed by atoms with Crippen molar-refractivity contribution in [2.45, 2.75) is 57.2 Å². The lowest BCUT2D eigenvalue weighted by Gasteiger charge is -2.37. The highest BCUT2D eigenvalue weighted by Crippen LogP contribution is 2.52. The molecule has 3 aromatic rings. The number of aliphatic hydroxyl groups is 1. The lowest BCUT2D eigenvalue weighted by molar-refractivity contribution is -0.163. The number of methoxy groups -OCH3 is 1. The van der Waals surface area contributed by atoms with E-state index in [0.29, 0.717) is 28.0 Å². The molecule has 2 aliphatic rings. The molecule has 0 bridgehead atoms. The molecule has 0 unspecified atom stereocenters. The van der Waals surface area contributed by atoms with Gasteiger partial charge in [-0.1, -0.05) is 72.8 Å². The molecule has 2 N–H and O–H groups in total. The van der Waals surface area contributed by atoms with E-state index in [-0.39, 0.29) is 29.0 Å². The number of phenols is 1. The Hall–Kier alpha value is -4.40. The van der Waals surface area contributed by atoms with Gasteiger partial charge in [0.05, 0.1) is 11.7 Å². The van der Waals surface area contributed by atoms with E-state index in [4.69, 9.17) is 18.9 Å². The standard InChI is InChI=1S/C34H34O8/c1-19(2)24(35)18-23-30-22(16-17-34(3,4)42-30)26(36)25-27(37)32(28(40-31(23)25)20-12-8-6-9-13-20)41-33(38)29(39-5)21-14-10-7-11-15-21/h6-17,24,28-29,32,35-36H,1,18H2,2-5H3/t24-,28-,29-,32+/m1/s1. The Morgan fingerprint density at radius 3 is 2.33 bits per heavy atom. The summed E-state index contributed by atoms with van der Waals surface area (Å²) in [6.45, 7) is 9.27. The van der Waals surface area contributed by atoms with Gasteiger partial charge in [-0.3, -0.25) is 4.79 Å². The molecule has 5 rings (SSSR count). The Morgan fingerprint density at radius 1 is 1.07 bits per heavy atom. The minimum Gasteiger partial charge on any atom is -0.506 e. The molecule has 8 heteroatoms. The van der Waals surface area contributed by atoms with Crippen molar-refractivity contribution in [1.82, 2.24) is 0 Å². The largest absolute Gasteiger partial charge is 0.506 e. The van der Waals surface area contributed by atoms with Crippen LogP contribution in [0.25, 0.3) is 6.08 Å².